The van der Waals surface area contributed by atoms with E-state index in [0.717, 1.165) is 62.5 Å². The lowest BCUT2D eigenvalue weighted by Gasteiger charge is -2.33. The molecule has 2 heterocycles. The molecule has 170 valence electrons. The largest absolute Gasteiger partial charge is 0.371 e. The number of carbonyl (C=O) groups excluding carboxylic acids is 2. The van der Waals surface area contributed by atoms with Gasteiger partial charge in [-0.05, 0) is 67.8 Å². The van der Waals surface area contributed by atoms with Gasteiger partial charge in [0.05, 0.1) is 6.04 Å². The van der Waals surface area contributed by atoms with Crippen LogP contribution in [0.3, 0.4) is 0 Å². The third kappa shape index (κ3) is 5.03. The van der Waals surface area contributed by atoms with Crippen molar-refractivity contribution in [3.05, 3.63) is 54.3 Å². The molecule has 32 heavy (non-hydrogen) atoms. The Hall–Kier alpha value is -3.09. The molecule has 0 saturated carbocycles. The third-order valence-electron chi connectivity index (χ3n) is 6.77. The number of halogens is 1. The molecule has 1 atom stereocenters. The van der Waals surface area contributed by atoms with Gasteiger partial charge in [-0.25, -0.2) is 4.39 Å². The Morgan fingerprint density at radius 3 is 2.09 bits per heavy atom. The highest BCUT2D eigenvalue weighted by Crippen LogP contribution is 2.27. The average molecular weight is 439 g/mol. The van der Waals surface area contributed by atoms with E-state index in [1.54, 1.807) is 19.1 Å². The maximum atomic E-state index is 13.1. The van der Waals surface area contributed by atoms with Gasteiger partial charge in [0.2, 0.25) is 11.8 Å². The van der Waals surface area contributed by atoms with Gasteiger partial charge in [0.15, 0.2) is 0 Å². The minimum Gasteiger partial charge on any atom is -0.371 e. The van der Waals surface area contributed by atoms with Crippen LogP contribution in [0.5, 0.6) is 0 Å². The van der Waals surface area contributed by atoms with E-state index in [9.17, 15) is 14.0 Å². The van der Waals surface area contributed by atoms with E-state index in [1.807, 2.05) is 36.2 Å². The van der Waals surface area contributed by atoms with Gasteiger partial charge in [0.25, 0.3) is 0 Å². The van der Waals surface area contributed by atoms with Crippen LogP contribution in [0.1, 0.15) is 26.2 Å². The molecule has 1 unspecified atom stereocenters. The van der Waals surface area contributed by atoms with E-state index in [-0.39, 0.29) is 29.6 Å². The number of piperidine rings is 1. The maximum Gasteiger partial charge on any atom is 0.227 e. The van der Waals surface area contributed by atoms with Gasteiger partial charge in [0.1, 0.15) is 5.82 Å². The zero-order chi connectivity index (χ0) is 22.7. The zero-order valence-electron chi connectivity index (χ0n) is 18.8. The van der Waals surface area contributed by atoms with Gasteiger partial charge in [0, 0.05) is 63.1 Å². The van der Waals surface area contributed by atoms with Crippen LogP contribution in [0.2, 0.25) is 0 Å². The average Bonchev–Trinajstić information content (AvgIpc) is 3.30. The van der Waals surface area contributed by atoms with Gasteiger partial charge < -0.3 is 20.0 Å². The Bertz CT molecular complexity index is 939. The summed E-state index contributed by atoms with van der Waals surface area (Å²) >= 11 is 0. The van der Waals surface area contributed by atoms with Crippen molar-refractivity contribution in [2.75, 3.05) is 48.3 Å². The van der Waals surface area contributed by atoms with Crippen molar-refractivity contribution in [1.29, 1.82) is 0 Å². The fourth-order valence-electron chi connectivity index (χ4n) is 4.60. The van der Waals surface area contributed by atoms with E-state index in [2.05, 4.69) is 15.1 Å². The van der Waals surface area contributed by atoms with Crippen LogP contribution in [0, 0.1) is 11.7 Å². The van der Waals surface area contributed by atoms with Crippen molar-refractivity contribution in [1.82, 2.24) is 4.90 Å². The fourth-order valence-corrected chi connectivity index (χ4v) is 4.60. The smallest absolute Gasteiger partial charge is 0.227 e. The number of benzene rings is 2. The molecule has 0 spiro atoms. The topological polar surface area (TPSA) is 55.9 Å². The molecule has 7 heteroatoms. The molecule has 0 radical (unpaired) electrons. The van der Waals surface area contributed by atoms with E-state index in [4.69, 9.17) is 0 Å². The first kappa shape index (κ1) is 22.1. The molecule has 0 bridgehead atoms. The van der Waals surface area contributed by atoms with Crippen LogP contribution < -0.4 is 15.1 Å². The Morgan fingerprint density at radius 1 is 0.906 bits per heavy atom. The highest BCUT2D eigenvalue weighted by molar-refractivity contribution is 5.92. The van der Waals surface area contributed by atoms with Crippen molar-refractivity contribution in [2.45, 2.75) is 32.2 Å². The van der Waals surface area contributed by atoms with Gasteiger partial charge in [-0.15, -0.1) is 0 Å². The summed E-state index contributed by atoms with van der Waals surface area (Å²) in [5.41, 5.74) is 2.91. The van der Waals surface area contributed by atoms with Crippen molar-refractivity contribution in [3.8, 4) is 0 Å². The van der Waals surface area contributed by atoms with Crippen LogP contribution in [-0.4, -0.2) is 56.0 Å². The molecule has 6 nitrogen and oxygen atoms in total. The summed E-state index contributed by atoms with van der Waals surface area (Å²) in [5, 5.41) is 3.05. The summed E-state index contributed by atoms with van der Waals surface area (Å²) < 4.78 is 13.1. The number of rotatable bonds is 5. The SMILES string of the molecule is CC(=O)N(C)C1CCN(c2ccc(NC(=O)C3CCN(c4ccc(F)cc4)CC3)cc2)C1. The Morgan fingerprint density at radius 2 is 1.47 bits per heavy atom. The zero-order valence-corrected chi connectivity index (χ0v) is 18.8. The van der Waals surface area contributed by atoms with Crippen LogP contribution in [-0.2, 0) is 9.59 Å². The molecule has 1 N–H and O–H groups in total. The van der Waals surface area contributed by atoms with Crippen molar-refractivity contribution in [3.63, 3.8) is 0 Å². The normalized spacial score (nSPS) is 19.2. The molecule has 2 aliphatic heterocycles. The van der Waals surface area contributed by atoms with E-state index in [0.29, 0.717) is 0 Å². The van der Waals surface area contributed by atoms with Crippen LogP contribution in [0.15, 0.2) is 48.5 Å². The summed E-state index contributed by atoms with van der Waals surface area (Å²) in [7, 11) is 1.86. The van der Waals surface area contributed by atoms with E-state index in [1.165, 1.54) is 12.1 Å². The summed E-state index contributed by atoms with van der Waals surface area (Å²) in [6.07, 6.45) is 2.52. The molecular weight excluding hydrogens is 407 g/mol. The van der Waals surface area contributed by atoms with Crippen LogP contribution in [0.4, 0.5) is 21.5 Å². The Kier molecular flexibility index (Phi) is 6.63. The minimum atomic E-state index is -0.234. The first-order valence-electron chi connectivity index (χ1n) is 11.3. The predicted octanol–water partition coefficient (Wildman–Crippen LogP) is 3.74. The highest BCUT2D eigenvalue weighted by atomic mass is 19.1. The first-order chi connectivity index (χ1) is 15.4. The van der Waals surface area contributed by atoms with Gasteiger partial charge in [-0.1, -0.05) is 0 Å². The lowest BCUT2D eigenvalue weighted by Crippen LogP contribution is -2.38. The second-order valence-electron chi connectivity index (χ2n) is 8.79. The fraction of sp³-hybridized carbons (Fsp3) is 0.440. The molecule has 2 aromatic carbocycles. The molecule has 0 aromatic heterocycles. The monoisotopic (exact) mass is 438 g/mol. The number of likely N-dealkylation sites (N-methyl/N-ethyl adjacent to an activating group) is 1. The number of nitrogens with one attached hydrogen (secondary N) is 1. The third-order valence-corrected chi connectivity index (χ3v) is 6.77. The molecule has 2 aromatic rings. The van der Waals surface area contributed by atoms with Gasteiger partial charge >= 0.3 is 0 Å². The predicted molar refractivity (Wildman–Crippen MR) is 125 cm³/mol. The maximum absolute atomic E-state index is 13.1. The number of anilines is 3. The number of hydrogen-bond donors (Lipinski definition) is 1. The molecule has 2 amide bonds. The summed E-state index contributed by atoms with van der Waals surface area (Å²) in [6.45, 7) is 4.92. The standard InChI is InChI=1S/C25H31FN4O2/c1-18(31)28(2)24-13-16-30(17-24)23-9-5-21(6-10-23)27-25(32)19-11-14-29(15-12-19)22-7-3-20(26)4-8-22/h3-10,19,24H,11-17H2,1-2H3,(H,27,32). The molecule has 2 saturated heterocycles. The molecular formula is C25H31FN4O2. The lowest BCUT2D eigenvalue weighted by molar-refractivity contribution is -0.129. The van der Waals surface area contributed by atoms with Crippen LogP contribution >= 0.6 is 0 Å². The van der Waals surface area contributed by atoms with Gasteiger partial charge in [-0.2, -0.15) is 0 Å². The van der Waals surface area contributed by atoms with Crippen molar-refractivity contribution in [2.24, 2.45) is 5.92 Å². The summed E-state index contributed by atoms with van der Waals surface area (Å²) in [5.74, 6) is -0.103. The highest BCUT2D eigenvalue weighted by Gasteiger charge is 2.28. The van der Waals surface area contributed by atoms with Crippen molar-refractivity contribution >= 4 is 28.9 Å². The minimum absolute atomic E-state index is 0.0205. The second-order valence-corrected chi connectivity index (χ2v) is 8.79. The van der Waals surface area contributed by atoms with Crippen molar-refractivity contribution < 1.29 is 14.0 Å². The first-order valence-corrected chi connectivity index (χ1v) is 11.3. The number of carbonyl (C=O) groups is 2. The number of nitrogens with zero attached hydrogens (tertiary/aromatic N) is 3. The van der Waals surface area contributed by atoms with E-state index < -0.39 is 0 Å². The second kappa shape index (κ2) is 9.59. The molecule has 0 aliphatic carbocycles. The molecule has 2 aliphatic rings. The summed E-state index contributed by atoms with van der Waals surface area (Å²) in [6, 6.07) is 14.7. The Labute approximate surface area is 189 Å². The molecule has 4 rings (SSSR count). The Balaban J connectivity index is 1.27. The van der Waals surface area contributed by atoms with E-state index >= 15 is 0 Å². The number of hydrogen-bond acceptors (Lipinski definition) is 4. The number of amides is 2. The van der Waals surface area contributed by atoms with Gasteiger partial charge in [-0.3, -0.25) is 9.59 Å². The lowest BCUT2D eigenvalue weighted by atomic mass is 9.95. The summed E-state index contributed by atoms with van der Waals surface area (Å²) in [4.78, 5) is 30.6. The molecule has 2 fully saturated rings. The quantitative estimate of drug-likeness (QED) is 0.773. The van der Waals surface area contributed by atoms with Crippen LogP contribution in [0.25, 0.3) is 0 Å².